The largest absolute Gasteiger partial charge is 0.327 e. The van der Waals surface area contributed by atoms with Gasteiger partial charge in [0.05, 0.1) is 6.07 Å². The van der Waals surface area contributed by atoms with Gasteiger partial charge in [-0.15, -0.1) is 0 Å². The van der Waals surface area contributed by atoms with E-state index in [9.17, 15) is 10.1 Å². The summed E-state index contributed by atoms with van der Waals surface area (Å²) in [5.74, 6) is 1.20. The second-order valence-electron chi connectivity index (χ2n) is 5.41. The molecule has 3 nitrogen and oxygen atoms in total. The van der Waals surface area contributed by atoms with Crippen LogP contribution in [-0.4, -0.2) is 20.5 Å². The summed E-state index contributed by atoms with van der Waals surface area (Å²) in [4.78, 5) is 11.3. The van der Waals surface area contributed by atoms with Gasteiger partial charge >= 0.3 is 5.37 Å². The van der Waals surface area contributed by atoms with Crippen molar-refractivity contribution in [3.8, 4) is 6.07 Å². The third kappa shape index (κ3) is 2.61. The number of hydrogen-bond donors (Lipinski definition) is 0. The van der Waals surface area contributed by atoms with Crippen molar-refractivity contribution in [2.75, 3.05) is 0 Å². The van der Waals surface area contributed by atoms with Crippen LogP contribution in [0.4, 0.5) is 4.79 Å². The molecule has 3 atom stereocenters. The van der Waals surface area contributed by atoms with Gasteiger partial charge in [-0.3, -0.25) is 9.10 Å². The van der Waals surface area contributed by atoms with Gasteiger partial charge in [0.2, 0.25) is 0 Å². The van der Waals surface area contributed by atoms with E-state index in [2.05, 4.69) is 6.07 Å². The predicted octanol–water partition coefficient (Wildman–Crippen LogP) is 4.43. The highest BCUT2D eigenvalue weighted by molar-refractivity contribution is 8.76. The Balaban J connectivity index is 2.00. The van der Waals surface area contributed by atoms with Crippen LogP contribution < -0.4 is 0 Å². The van der Waals surface area contributed by atoms with E-state index in [1.54, 1.807) is 0 Å². The summed E-state index contributed by atoms with van der Waals surface area (Å²) in [6.07, 6.45) is 4.57. The summed E-state index contributed by atoms with van der Waals surface area (Å²) >= 11 is 5.56. The Labute approximate surface area is 121 Å². The number of fused-ring (bicyclic) bond motifs is 2. The number of halogens is 1. The molecular weight excluding hydrogens is 288 g/mol. The Bertz CT molecular complexity index is 385. The second kappa shape index (κ2) is 5.52. The monoisotopic (exact) mass is 304 g/mol. The van der Waals surface area contributed by atoms with Crippen LogP contribution in [0.25, 0.3) is 0 Å². The molecule has 2 aliphatic carbocycles. The molecule has 2 bridgehead atoms. The summed E-state index contributed by atoms with van der Waals surface area (Å²) < 4.78 is 1.23. The SMILES string of the molecule is CC(C)N(SSC1(C#N)CC2CCC1C2)C(=O)Cl. The first-order chi connectivity index (χ1) is 8.48. The molecule has 2 saturated carbocycles. The molecular formula is C12H17ClN2OS2. The van der Waals surface area contributed by atoms with Crippen molar-refractivity contribution in [1.29, 1.82) is 5.26 Å². The maximum atomic E-state index is 11.3. The zero-order valence-corrected chi connectivity index (χ0v) is 12.9. The molecule has 0 aliphatic heterocycles. The molecule has 0 aromatic carbocycles. The Morgan fingerprint density at radius 3 is 2.67 bits per heavy atom. The number of carbonyl (C=O) groups excluding carboxylic acids is 1. The second-order valence-corrected chi connectivity index (χ2v) is 8.12. The maximum absolute atomic E-state index is 11.3. The minimum atomic E-state index is -0.459. The minimum absolute atomic E-state index is 0.0434. The molecule has 2 fully saturated rings. The van der Waals surface area contributed by atoms with E-state index < -0.39 is 5.37 Å². The van der Waals surface area contributed by atoms with E-state index in [1.165, 1.54) is 38.9 Å². The van der Waals surface area contributed by atoms with E-state index in [0.29, 0.717) is 11.8 Å². The Morgan fingerprint density at radius 1 is 1.56 bits per heavy atom. The lowest BCUT2D eigenvalue weighted by Gasteiger charge is -2.32. The maximum Gasteiger partial charge on any atom is 0.327 e. The highest BCUT2D eigenvalue weighted by Crippen LogP contribution is 2.59. The Kier molecular flexibility index (Phi) is 4.40. The summed E-state index contributed by atoms with van der Waals surface area (Å²) in [5.41, 5.74) is 0. The van der Waals surface area contributed by atoms with Crippen molar-refractivity contribution in [2.24, 2.45) is 11.8 Å². The van der Waals surface area contributed by atoms with E-state index >= 15 is 0 Å². The predicted molar refractivity (Wildman–Crippen MR) is 77.2 cm³/mol. The first-order valence-electron chi connectivity index (χ1n) is 6.24. The van der Waals surface area contributed by atoms with Gasteiger partial charge in [0.15, 0.2) is 0 Å². The fourth-order valence-electron chi connectivity index (χ4n) is 2.96. The summed E-state index contributed by atoms with van der Waals surface area (Å²) in [6, 6.07) is 2.55. The lowest BCUT2D eigenvalue weighted by Crippen LogP contribution is -2.31. The van der Waals surface area contributed by atoms with Gasteiger partial charge in [0.1, 0.15) is 4.75 Å². The number of carbonyl (C=O) groups is 1. The molecule has 0 N–H and O–H groups in total. The fourth-order valence-corrected chi connectivity index (χ4v) is 6.60. The Hall–Kier alpha value is -0.0500. The van der Waals surface area contributed by atoms with Crippen LogP contribution in [0.15, 0.2) is 0 Å². The van der Waals surface area contributed by atoms with Crippen LogP contribution >= 0.6 is 33.4 Å². The van der Waals surface area contributed by atoms with Gasteiger partial charge in [-0.25, -0.2) is 0 Å². The van der Waals surface area contributed by atoms with Crippen molar-refractivity contribution in [1.82, 2.24) is 4.31 Å². The van der Waals surface area contributed by atoms with Crippen molar-refractivity contribution in [3.05, 3.63) is 0 Å². The average molecular weight is 305 g/mol. The molecule has 0 radical (unpaired) electrons. The average Bonchev–Trinajstić information content (AvgIpc) is 2.88. The molecule has 100 valence electrons. The molecule has 6 heteroatoms. The molecule has 3 unspecified atom stereocenters. The molecule has 0 spiro atoms. The zero-order chi connectivity index (χ0) is 13.3. The summed E-state index contributed by atoms with van der Waals surface area (Å²) in [7, 11) is 2.88. The third-order valence-corrected chi connectivity index (χ3v) is 7.48. The van der Waals surface area contributed by atoms with Crippen molar-refractivity contribution in [3.63, 3.8) is 0 Å². The van der Waals surface area contributed by atoms with E-state index in [0.717, 1.165) is 12.8 Å². The summed E-state index contributed by atoms with van der Waals surface area (Å²) in [6.45, 7) is 3.85. The van der Waals surface area contributed by atoms with Gasteiger partial charge in [0, 0.05) is 17.0 Å². The van der Waals surface area contributed by atoms with Gasteiger partial charge in [-0.05, 0) is 73.8 Å². The van der Waals surface area contributed by atoms with Crippen LogP contribution in [0.2, 0.25) is 0 Å². The minimum Gasteiger partial charge on any atom is -0.261 e. The van der Waals surface area contributed by atoms with Gasteiger partial charge in [-0.2, -0.15) is 5.26 Å². The van der Waals surface area contributed by atoms with E-state index in [4.69, 9.17) is 11.6 Å². The van der Waals surface area contributed by atoms with Crippen molar-refractivity contribution >= 4 is 38.7 Å². The number of amides is 1. The van der Waals surface area contributed by atoms with Crippen molar-refractivity contribution in [2.45, 2.75) is 50.3 Å². The molecule has 1 amide bonds. The molecule has 0 saturated heterocycles. The van der Waals surface area contributed by atoms with Gasteiger partial charge in [-0.1, -0.05) is 0 Å². The molecule has 18 heavy (non-hydrogen) atoms. The van der Waals surface area contributed by atoms with Gasteiger partial charge in [0.25, 0.3) is 0 Å². The molecule has 0 aromatic rings. The first-order valence-corrected chi connectivity index (χ1v) is 8.72. The van der Waals surface area contributed by atoms with Crippen molar-refractivity contribution < 1.29 is 4.79 Å². The number of rotatable bonds is 4. The van der Waals surface area contributed by atoms with Crippen LogP contribution in [0.3, 0.4) is 0 Å². The zero-order valence-electron chi connectivity index (χ0n) is 10.6. The smallest absolute Gasteiger partial charge is 0.261 e. The summed E-state index contributed by atoms with van der Waals surface area (Å²) in [5, 5.41) is 9.05. The highest BCUT2D eigenvalue weighted by Gasteiger charge is 2.52. The lowest BCUT2D eigenvalue weighted by molar-refractivity contribution is 0.242. The number of hydrogen-bond acceptors (Lipinski definition) is 4. The molecule has 2 rings (SSSR count). The molecule has 0 aromatic heterocycles. The lowest BCUT2D eigenvalue weighted by atomic mass is 9.89. The fraction of sp³-hybridized carbons (Fsp3) is 0.833. The number of nitriles is 1. The topological polar surface area (TPSA) is 44.1 Å². The van der Waals surface area contributed by atoms with E-state index in [1.807, 2.05) is 13.8 Å². The van der Waals surface area contributed by atoms with E-state index in [-0.39, 0.29) is 10.8 Å². The molecule has 0 heterocycles. The van der Waals surface area contributed by atoms with Crippen LogP contribution in [0, 0.1) is 23.2 Å². The van der Waals surface area contributed by atoms with Crippen LogP contribution in [0.1, 0.15) is 39.5 Å². The van der Waals surface area contributed by atoms with Gasteiger partial charge < -0.3 is 0 Å². The standard InChI is InChI=1S/C12H17ClN2OS2/c1-8(2)15(11(13)16)18-17-12(7-14)6-9-3-4-10(12)5-9/h8-10H,3-6H2,1-2H3. The molecule has 2 aliphatic rings. The van der Waals surface area contributed by atoms with Crippen LogP contribution in [0.5, 0.6) is 0 Å². The normalized spacial score (nSPS) is 33.7. The van der Waals surface area contributed by atoms with Crippen LogP contribution in [-0.2, 0) is 0 Å². The number of nitrogens with zero attached hydrogens (tertiary/aromatic N) is 2. The Morgan fingerprint density at radius 2 is 2.28 bits per heavy atom. The first kappa shape index (κ1) is 14.4. The third-order valence-electron chi connectivity index (χ3n) is 3.89. The highest BCUT2D eigenvalue weighted by atomic mass is 35.5. The quantitative estimate of drug-likeness (QED) is 0.333.